The lowest BCUT2D eigenvalue weighted by Crippen LogP contribution is -2.58. The number of rotatable bonds is 8. The number of piperidine rings is 1. The topological polar surface area (TPSA) is 131 Å². The van der Waals surface area contributed by atoms with Crippen molar-refractivity contribution in [3.05, 3.63) is 59.5 Å². The molecule has 0 bridgehead atoms. The third kappa shape index (κ3) is 8.33. The van der Waals surface area contributed by atoms with Gasteiger partial charge in [0.1, 0.15) is 29.2 Å². The Balaban J connectivity index is 1.22. The fourth-order valence-electron chi connectivity index (χ4n) is 7.01. The first-order valence-electron chi connectivity index (χ1n) is 18.1. The molecule has 0 aliphatic carbocycles. The summed E-state index contributed by atoms with van der Waals surface area (Å²) in [6.07, 6.45) is -4.88. The molecule has 292 valence electrons. The van der Waals surface area contributed by atoms with Crippen LogP contribution in [0.15, 0.2) is 47.0 Å². The summed E-state index contributed by atoms with van der Waals surface area (Å²) in [5.41, 5.74) is -2.58. The molecule has 0 unspecified atom stereocenters. The lowest BCUT2D eigenvalue weighted by Gasteiger charge is -2.42. The van der Waals surface area contributed by atoms with Crippen LogP contribution < -0.4 is 4.74 Å². The van der Waals surface area contributed by atoms with E-state index in [9.17, 15) is 27.6 Å². The van der Waals surface area contributed by atoms with Crippen molar-refractivity contribution in [3.63, 3.8) is 0 Å². The molecule has 4 heterocycles. The van der Waals surface area contributed by atoms with Crippen LogP contribution in [0.4, 0.5) is 22.8 Å². The van der Waals surface area contributed by atoms with Gasteiger partial charge in [-0.15, -0.1) is 0 Å². The number of hydrogen-bond acceptors (Lipinski definition) is 10. The fraction of sp³-hybridized carbons (Fsp3) is 0.553. The average Bonchev–Trinajstić information content (AvgIpc) is 3.64. The zero-order chi connectivity index (χ0) is 39.1. The van der Waals surface area contributed by atoms with Crippen LogP contribution in [0.3, 0.4) is 0 Å². The minimum Gasteiger partial charge on any atom is -0.456 e. The summed E-state index contributed by atoms with van der Waals surface area (Å²) >= 11 is 0. The van der Waals surface area contributed by atoms with E-state index in [0.717, 1.165) is 16.5 Å². The molecule has 1 aromatic heterocycles. The highest BCUT2D eigenvalue weighted by atomic mass is 19.4. The van der Waals surface area contributed by atoms with Crippen LogP contribution in [-0.4, -0.2) is 111 Å². The fourth-order valence-corrected chi connectivity index (χ4v) is 7.01. The second-order valence-electron chi connectivity index (χ2n) is 15.8. The van der Waals surface area contributed by atoms with Crippen molar-refractivity contribution in [1.29, 1.82) is 0 Å². The monoisotopic (exact) mass is 756 g/mol. The minimum atomic E-state index is -4.78. The van der Waals surface area contributed by atoms with Crippen molar-refractivity contribution in [1.82, 2.24) is 29.7 Å². The van der Waals surface area contributed by atoms with Gasteiger partial charge in [0.2, 0.25) is 11.7 Å². The number of carbonyl (C=O) groups excluding carboxylic acids is 3. The van der Waals surface area contributed by atoms with E-state index in [2.05, 4.69) is 15.0 Å². The zero-order valence-electron chi connectivity index (χ0n) is 31.5. The Bertz CT molecular complexity index is 1850. The molecular weight excluding hydrogens is 709 g/mol. The van der Waals surface area contributed by atoms with Crippen molar-refractivity contribution in [3.8, 4) is 22.9 Å². The Morgan fingerprint density at radius 1 is 0.889 bits per heavy atom. The predicted octanol–water partition coefficient (Wildman–Crippen LogP) is 6.71. The highest BCUT2D eigenvalue weighted by molar-refractivity contribution is 6.07. The van der Waals surface area contributed by atoms with E-state index in [4.69, 9.17) is 18.7 Å². The average molecular weight is 757 g/mol. The number of morpholine rings is 1. The molecule has 0 atom stereocenters. The second kappa shape index (κ2) is 14.9. The number of benzene rings is 2. The Morgan fingerprint density at radius 2 is 1.56 bits per heavy atom. The quantitative estimate of drug-likeness (QED) is 0.229. The third-order valence-electron chi connectivity index (χ3n) is 9.83. The lowest BCUT2D eigenvalue weighted by atomic mass is 9.86. The van der Waals surface area contributed by atoms with Crippen molar-refractivity contribution >= 4 is 18.0 Å². The van der Waals surface area contributed by atoms with Gasteiger partial charge in [-0.25, -0.2) is 9.59 Å². The molecule has 0 radical (unpaired) electrons. The third-order valence-corrected chi connectivity index (χ3v) is 9.83. The number of imide groups is 1. The molecule has 4 amide bonds. The van der Waals surface area contributed by atoms with E-state index >= 15 is 0 Å². The molecule has 2 aromatic carbocycles. The van der Waals surface area contributed by atoms with Crippen LogP contribution in [-0.2, 0) is 32.4 Å². The van der Waals surface area contributed by atoms with E-state index in [1.165, 1.54) is 17.0 Å². The zero-order valence-corrected chi connectivity index (χ0v) is 31.5. The normalized spacial score (nSPS) is 18.5. The van der Waals surface area contributed by atoms with Gasteiger partial charge < -0.3 is 28.5 Å². The van der Waals surface area contributed by atoms with E-state index in [1.54, 1.807) is 43.9 Å². The minimum absolute atomic E-state index is 0.00554. The first-order valence-corrected chi connectivity index (χ1v) is 18.1. The summed E-state index contributed by atoms with van der Waals surface area (Å²) in [7, 11) is 0. The first-order chi connectivity index (χ1) is 25.4. The molecule has 3 saturated heterocycles. The highest BCUT2D eigenvalue weighted by Crippen LogP contribution is 2.43. The lowest BCUT2D eigenvalue weighted by molar-refractivity contribution is -0.138. The van der Waals surface area contributed by atoms with Crippen LogP contribution in [0.1, 0.15) is 71.4 Å². The van der Waals surface area contributed by atoms with Crippen LogP contribution in [0.25, 0.3) is 11.4 Å². The number of alkyl halides is 3. The molecule has 6 rings (SSSR count). The van der Waals surface area contributed by atoms with E-state index < -0.39 is 40.9 Å². The molecule has 0 N–H and O–H groups in total. The molecule has 1 spiro atoms. The maximum atomic E-state index is 14.4. The molecule has 3 aliphatic heterocycles. The van der Waals surface area contributed by atoms with Crippen LogP contribution in [0.2, 0.25) is 0 Å². The summed E-state index contributed by atoms with van der Waals surface area (Å²) in [6, 6.07) is 9.88. The van der Waals surface area contributed by atoms with Crippen molar-refractivity contribution in [2.24, 2.45) is 0 Å². The van der Waals surface area contributed by atoms with Gasteiger partial charge in [0.05, 0.1) is 18.8 Å². The molecule has 3 fully saturated rings. The standard InChI is InChI=1S/C38H47F3N6O7/c1-35(2,3)26-9-7-8-10-28(26)52-29-12-11-25(23-27(29)38(39,40)41)31-42-30(54-43-31)24-46-32(48)37(13-15-45(16-14-37)34(50)53-36(4,5)6)47(33(46)49)18-17-44-19-21-51-22-20-44/h7-12,23H,13-22,24H2,1-6H3. The summed E-state index contributed by atoms with van der Waals surface area (Å²) < 4.78 is 65.5. The van der Waals surface area contributed by atoms with Crippen LogP contribution in [0.5, 0.6) is 11.5 Å². The van der Waals surface area contributed by atoms with Gasteiger partial charge in [0.15, 0.2) is 0 Å². The SMILES string of the molecule is CC(C)(C)OC(=O)N1CCC2(CC1)C(=O)N(Cc1nc(-c3ccc(Oc4ccccc4C(C)(C)C)c(C(F)(F)F)c3)no1)C(=O)N2CCN1CCOCC1. The Labute approximate surface area is 312 Å². The van der Waals surface area contributed by atoms with Crippen LogP contribution >= 0.6 is 0 Å². The Hall–Kier alpha value is -4.70. The van der Waals surface area contributed by atoms with Crippen molar-refractivity contribution in [2.45, 2.75) is 83.7 Å². The maximum Gasteiger partial charge on any atom is 0.420 e. The molecule has 54 heavy (non-hydrogen) atoms. The van der Waals surface area contributed by atoms with Crippen molar-refractivity contribution in [2.75, 3.05) is 52.5 Å². The van der Waals surface area contributed by atoms with Gasteiger partial charge in [0, 0.05) is 50.4 Å². The molecule has 13 nitrogen and oxygen atoms in total. The van der Waals surface area contributed by atoms with E-state index in [0.29, 0.717) is 38.6 Å². The van der Waals surface area contributed by atoms with Gasteiger partial charge in [-0.2, -0.15) is 18.2 Å². The van der Waals surface area contributed by atoms with Gasteiger partial charge in [0.25, 0.3) is 5.91 Å². The number of likely N-dealkylation sites (tertiary alicyclic amines) is 1. The second-order valence-corrected chi connectivity index (χ2v) is 15.8. The molecular formula is C38H47F3N6O7. The number of hydrogen-bond donors (Lipinski definition) is 0. The number of carbonyl (C=O) groups is 3. The van der Waals surface area contributed by atoms with Gasteiger partial charge in [-0.3, -0.25) is 14.6 Å². The summed E-state index contributed by atoms with van der Waals surface area (Å²) in [5.74, 6) is -0.830. The number of para-hydroxylation sites is 1. The van der Waals surface area contributed by atoms with E-state index in [1.807, 2.05) is 26.8 Å². The molecule has 3 aromatic rings. The predicted molar refractivity (Wildman–Crippen MR) is 190 cm³/mol. The Kier molecular flexibility index (Phi) is 10.7. The van der Waals surface area contributed by atoms with Crippen molar-refractivity contribution < 1.29 is 46.3 Å². The number of amides is 4. The summed E-state index contributed by atoms with van der Waals surface area (Å²) in [4.78, 5) is 51.7. The number of urea groups is 1. The summed E-state index contributed by atoms with van der Waals surface area (Å²) in [5, 5.41) is 3.91. The number of halogens is 3. The number of aromatic nitrogens is 2. The smallest absolute Gasteiger partial charge is 0.420 e. The number of nitrogens with zero attached hydrogens (tertiary/aromatic N) is 6. The Morgan fingerprint density at radius 3 is 2.20 bits per heavy atom. The van der Waals surface area contributed by atoms with Gasteiger partial charge >= 0.3 is 18.3 Å². The number of ether oxygens (including phenoxy) is 3. The first kappa shape index (κ1) is 39.0. The summed E-state index contributed by atoms with van der Waals surface area (Å²) in [6.45, 7) is 14.5. The largest absolute Gasteiger partial charge is 0.456 e. The van der Waals surface area contributed by atoms with Gasteiger partial charge in [-0.1, -0.05) is 44.1 Å². The van der Waals surface area contributed by atoms with Crippen LogP contribution in [0, 0.1) is 0 Å². The maximum absolute atomic E-state index is 14.4. The van der Waals surface area contributed by atoms with E-state index in [-0.39, 0.29) is 67.5 Å². The molecule has 0 saturated carbocycles. The van der Waals surface area contributed by atoms with Gasteiger partial charge in [-0.05, 0) is 63.3 Å². The molecule has 3 aliphatic rings. The molecule has 16 heteroatoms. The highest BCUT2D eigenvalue weighted by Gasteiger charge is 2.58.